The highest BCUT2D eigenvalue weighted by Crippen LogP contribution is 2.38. The van der Waals surface area contributed by atoms with Crippen LogP contribution in [0.1, 0.15) is 28.7 Å². The number of hydrogen-bond acceptors (Lipinski definition) is 8. The van der Waals surface area contributed by atoms with Gasteiger partial charge in [-0.15, -0.1) is 26.3 Å². The van der Waals surface area contributed by atoms with Crippen molar-refractivity contribution in [2.45, 2.75) is 25.2 Å². The van der Waals surface area contributed by atoms with E-state index >= 15 is 0 Å². The van der Waals surface area contributed by atoms with E-state index in [1.165, 1.54) is 41.6 Å². The second-order valence-electron chi connectivity index (χ2n) is 7.85. The van der Waals surface area contributed by atoms with E-state index in [-0.39, 0.29) is 35.1 Å². The number of rotatable bonds is 6. The predicted octanol–water partition coefficient (Wildman–Crippen LogP) is 4.70. The van der Waals surface area contributed by atoms with E-state index in [1.807, 2.05) is 0 Å². The Balaban J connectivity index is 1.43. The molecule has 0 spiro atoms. The van der Waals surface area contributed by atoms with Gasteiger partial charge in [-0.05, 0) is 36.8 Å². The minimum atomic E-state index is -4.99. The van der Waals surface area contributed by atoms with E-state index in [9.17, 15) is 31.1 Å². The standard InChI is InChI=1S/C22H14F6N6O4/c23-21(24,25)36-12-5-6-15(34-29-8-9-30-34)14(11-12)20(35)33-10-7-16(33)19-31-18(32-38-19)13-3-1-2-4-17(13)37-22(26,27)28/h1-6,8-9,11,16H,7,10H2. The number of halogens is 6. The summed E-state index contributed by atoms with van der Waals surface area (Å²) in [5, 5.41) is 11.6. The first kappa shape index (κ1) is 25.0. The third-order valence-corrected chi connectivity index (χ3v) is 5.43. The summed E-state index contributed by atoms with van der Waals surface area (Å²) >= 11 is 0. The van der Waals surface area contributed by atoms with Crippen LogP contribution in [-0.2, 0) is 0 Å². The highest BCUT2D eigenvalue weighted by atomic mass is 19.4. The molecule has 0 saturated carbocycles. The molecule has 3 heterocycles. The smallest absolute Gasteiger partial charge is 0.406 e. The van der Waals surface area contributed by atoms with Crippen molar-refractivity contribution in [3.05, 3.63) is 66.3 Å². The molecule has 1 fully saturated rings. The van der Waals surface area contributed by atoms with Crippen LogP contribution < -0.4 is 9.47 Å². The van der Waals surface area contributed by atoms with Gasteiger partial charge in [-0.2, -0.15) is 20.0 Å². The molecule has 1 aliphatic heterocycles. The lowest BCUT2D eigenvalue weighted by atomic mass is 10.00. The van der Waals surface area contributed by atoms with Gasteiger partial charge in [0.15, 0.2) is 0 Å². The molecular formula is C22H14F6N6O4. The Hall–Kier alpha value is -4.63. The van der Waals surface area contributed by atoms with Crippen molar-refractivity contribution >= 4 is 5.91 Å². The molecule has 0 bridgehead atoms. The molecule has 1 saturated heterocycles. The largest absolute Gasteiger partial charge is 0.573 e. The average molecular weight is 540 g/mol. The number of benzene rings is 2. The summed E-state index contributed by atoms with van der Waals surface area (Å²) in [5.41, 5.74) is -0.206. The van der Waals surface area contributed by atoms with E-state index in [0.717, 1.165) is 23.0 Å². The van der Waals surface area contributed by atoms with Crippen LogP contribution in [0.3, 0.4) is 0 Å². The molecule has 38 heavy (non-hydrogen) atoms. The molecule has 0 N–H and O–H groups in total. The van der Waals surface area contributed by atoms with E-state index in [4.69, 9.17) is 4.52 Å². The molecule has 0 aliphatic carbocycles. The summed E-state index contributed by atoms with van der Waals surface area (Å²) in [4.78, 5) is 19.9. The third kappa shape index (κ3) is 5.23. The first-order valence-electron chi connectivity index (χ1n) is 10.7. The Labute approximate surface area is 208 Å². The summed E-state index contributed by atoms with van der Waals surface area (Å²) in [6.07, 6.45) is -6.95. The van der Waals surface area contributed by atoms with Crippen LogP contribution >= 0.6 is 0 Å². The summed E-state index contributed by atoms with van der Waals surface area (Å²) < 4.78 is 89.9. The molecule has 4 aromatic rings. The molecule has 1 amide bonds. The van der Waals surface area contributed by atoms with Crippen LogP contribution in [0.2, 0.25) is 0 Å². The van der Waals surface area contributed by atoms with Gasteiger partial charge >= 0.3 is 12.7 Å². The SMILES string of the molecule is O=C(c1cc(OC(F)(F)F)ccc1-n1nccn1)N1CCC1c1nc(-c2ccccc2OC(F)(F)F)no1. The Morgan fingerprint density at radius 3 is 2.34 bits per heavy atom. The van der Waals surface area contributed by atoms with Gasteiger partial charge in [0.2, 0.25) is 11.7 Å². The number of aromatic nitrogens is 5. The number of ether oxygens (including phenoxy) is 2. The molecule has 1 unspecified atom stereocenters. The zero-order chi connectivity index (χ0) is 27.1. The third-order valence-electron chi connectivity index (χ3n) is 5.43. The number of alkyl halides is 6. The van der Waals surface area contributed by atoms with Crippen molar-refractivity contribution < 1.29 is 45.1 Å². The number of nitrogens with zero attached hydrogens (tertiary/aromatic N) is 6. The Morgan fingerprint density at radius 2 is 1.68 bits per heavy atom. The molecule has 5 rings (SSSR count). The average Bonchev–Trinajstić information content (AvgIpc) is 3.49. The summed E-state index contributed by atoms with van der Waals surface area (Å²) in [5.74, 6) is -2.17. The van der Waals surface area contributed by atoms with Crippen LogP contribution in [0.15, 0.2) is 59.4 Å². The number of likely N-dealkylation sites (tertiary alicyclic amines) is 1. The molecule has 2 aromatic heterocycles. The van der Waals surface area contributed by atoms with E-state index in [0.29, 0.717) is 6.42 Å². The highest BCUT2D eigenvalue weighted by Gasteiger charge is 2.40. The second-order valence-corrected chi connectivity index (χ2v) is 7.85. The van der Waals surface area contributed by atoms with Crippen LogP contribution in [0, 0.1) is 0 Å². The van der Waals surface area contributed by atoms with Crippen molar-refractivity contribution in [1.82, 2.24) is 30.0 Å². The normalized spacial score (nSPS) is 15.7. The second kappa shape index (κ2) is 9.35. The van der Waals surface area contributed by atoms with E-state index in [1.54, 1.807) is 0 Å². The minimum Gasteiger partial charge on any atom is -0.406 e. The van der Waals surface area contributed by atoms with Gasteiger partial charge in [0.1, 0.15) is 17.5 Å². The molecule has 2 aromatic carbocycles. The quantitative estimate of drug-likeness (QED) is 0.324. The van der Waals surface area contributed by atoms with Crippen molar-refractivity contribution in [1.29, 1.82) is 0 Å². The van der Waals surface area contributed by atoms with Crippen molar-refractivity contribution in [2.24, 2.45) is 0 Å². The number of para-hydroxylation sites is 1. The topological polar surface area (TPSA) is 108 Å². The van der Waals surface area contributed by atoms with Gasteiger partial charge in [0.05, 0.1) is 29.2 Å². The first-order valence-corrected chi connectivity index (χ1v) is 10.7. The molecule has 16 heteroatoms. The zero-order valence-corrected chi connectivity index (χ0v) is 18.8. The molecule has 1 atom stereocenters. The van der Waals surface area contributed by atoms with Crippen molar-refractivity contribution in [3.8, 4) is 28.6 Å². The monoisotopic (exact) mass is 540 g/mol. The maximum atomic E-state index is 13.4. The lowest BCUT2D eigenvalue weighted by Gasteiger charge is -2.38. The van der Waals surface area contributed by atoms with Gasteiger partial charge in [0.25, 0.3) is 5.91 Å². The Morgan fingerprint density at radius 1 is 0.974 bits per heavy atom. The molecule has 0 radical (unpaired) electrons. The fraction of sp³-hybridized carbons (Fsp3) is 0.227. The highest BCUT2D eigenvalue weighted by molar-refractivity contribution is 5.98. The minimum absolute atomic E-state index is 0.0807. The lowest BCUT2D eigenvalue weighted by Crippen LogP contribution is -2.45. The summed E-state index contributed by atoms with van der Waals surface area (Å²) in [6, 6.07) is 7.51. The Kier molecular flexibility index (Phi) is 6.16. The molecule has 198 valence electrons. The fourth-order valence-electron chi connectivity index (χ4n) is 3.78. The summed E-state index contributed by atoms with van der Waals surface area (Å²) in [6.45, 7) is 0.186. The summed E-state index contributed by atoms with van der Waals surface area (Å²) in [7, 11) is 0. The Bertz CT molecular complexity index is 1450. The van der Waals surface area contributed by atoms with Crippen LogP contribution in [-0.4, -0.2) is 55.2 Å². The molecule has 1 aliphatic rings. The van der Waals surface area contributed by atoms with Crippen LogP contribution in [0.4, 0.5) is 26.3 Å². The van der Waals surface area contributed by atoms with Crippen molar-refractivity contribution in [2.75, 3.05) is 6.54 Å². The van der Waals surface area contributed by atoms with Crippen LogP contribution in [0.25, 0.3) is 17.1 Å². The van der Waals surface area contributed by atoms with Gasteiger partial charge < -0.3 is 18.9 Å². The number of hydrogen-bond donors (Lipinski definition) is 0. The maximum Gasteiger partial charge on any atom is 0.573 e. The fourth-order valence-corrected chi connectivity index (χ4v) is 3.78. The number of amides is 1. The van der Waals surface area contributed by atoms with Crippen LogP contribution in [0.5, 0.6) is 11.5 Å². The lowest BCUT2D eigenvalue weighted by molar-refractivity contribution is -0.275. The van der Waals surface area contributed by atoms with Gasteiger partial charge in [-0.25, -0.2) is 0 Å². The number of carbonyl (C=O) groups is 1. The number of carbonyl (C=O) groups excluding carboxylic acids is 1. The van der Waals surface area contributed by atoms with E-state index < -0.39 is 36.2 Å². The molecular weight excluding hydrogens is 526 g/mol. The first-order chi connectivity index (χ1) is 18.0. The van der Waals surface area contributed by atoms with Gasteiger partial charge in [0, 0.05) is 6.54 Å². The van der Waals surface area contributed by atoms with Gasteiger partial charge in [-0.1, -0.05) is 17.3 Å². The van der Waals surface area contributed by atoms with Crippen molar-refractivity contribution in [3.63, 3.8) is 0 Å². The van der Waals surface area contributed by atoms with E-state index in [2.05, 4.69) is 29.8 Å². The van der Waals surface area contributed by atoms with Gasteiger partial charge in [-0.3, -0.25) is 4.79 Å². The maximum absolute atomic E-state index is 13.4. The predicted molar refractivity (Wildman–Crippen MR) is 113 cm³/mol. The zero-order valence-electron chi connectivity index (χ0n) is 18.8. The molecule has 10 nitrogen and oxygen atoms in total.